The number of nitrogens with zero attached hydrogens (tertiary/aromatic N) is 4. The highest BCUT2D eigenvalue weighted by Gasteiger charge is 2.19. The van der Waals surface area contributed by atoms with Crippen molar-refractivity contribution in [2.24, 2.45) is 0 Å². The highest BCUT2D eigenvalue weighted by atomic mass is 32.2. The number of ether oxygens (including phenoxy) is 1. The van der Waals surface area contributed by atoms with Gasteiger partial charge in [-0.1, -0.05) is 11.8 Å². The van der Waals surface area contributed by atoms with Crippen molar-refractivity contribution in [1.82, 2.24) is 25.0 Å². The summed E-state index contributed by atoms with van der Waals surface area (Å²) >= 11 is 1.37. The van der Waals surface area contributed by atoms with Crippen LogP contribution in [0.3, 0.4) is 0 Å². The van der Waals surface area contributed by atoms with Gasteiger partial charge in [-0.3, -0.25) is 9.59 Å². The first-order chi connectivity index (χ1) is 14.1. The zero-order valence-corrected chi connectivity index (χ0v) is 17.7. The van der Waals surface area contributed by atoms with Gasteiger partial charge < -0.3 is 19.5 Å². The molecule has 29 heavy (non-hydrogen) atoms. The van der Waals surface area contributed by atoms with Gasteiger partial charge in [-0.15, -0.1) is 10.2 Å². The number of benzene rings is 1. The number of carbonyl (C=O) groups excluding carboxylic acids is 2. The van der Waals surface area contributed by atoms with E-state index in [1.807, 2.05) is 40.7 Å². The molecule has 2 amide bonds. The van der Waals surface area contributed by atoms with Crippen LogP contribution >= 0.6 is 11.8 Å². The minimum absolute atomic E-state index is 0.0422. The summed E-state index contributed by atoms with van der Waals surface area (Å²) in [5, 5.41) is 12.2. The van der Waals surface area contributed by atoms with Gasteiger partial charge in [0.1, 0.15) is 5.75 Å². The third kappa shape index (κ3) is 5.50. The molecule has 1 N–H and O–H groups in total. The Morgan fingerprint density at radius 3 is 2.72 bits per heavy atom. The van der Waals surface area contributed by atoms with E-state index in [-0.39, 0.29) is 17.6 Å². The molecular weight excluding hydrogens is 390 g/mol. The molecule has 156 valence electrons. The monoisotopic (exact) mass is 417 g/mol. The Balaban J connectivity index is 1.47. The van der Waals surface area contributed by atoms with E-state index in [0.29, 0.717) is 26.1 Å². The van der Waals surface area contributed by atoms with Gasteiger partial charge in [-0.25, -0.2) is 0 Å². The van der Waals surface area contributed by atoms with Crippen LogP contribution in [0, 0.1) is 0 Å². The number of hydrogen-bond acceptors (Lipinski definition) is 6. The van der Waals surface area contributed by atoms with Gasteiger partial charge in [-0.2, -0.15) is 0 Å². The van der Waals surface area contributed by atoms with E-state index in [1.165, 1.54) is 11.8 Å². The van der Waals surface area contributed by atoms with Crippen LogP contribution in [-0.2, 0) is 16.1 Å². The normalized spacial score (nSPS) is 13.7. The van der Waals surface area contributed by atoms with E-state index in [9.17, 15) is 9.59 Å². The Hall–Kier alpha value is -2.55. The van der Waals surface area contributed by atoms with Crippen molar-refractivity contribution in [2.75, 3.05) is 32.5 Å². The third-order valence-corrected chi connectivity index (χ3v) is 5.78. The minimum atomic E-state index is -0.0422. The number of nitrogens with one attached hydrogen (secondary N) is 1. The Morgan fingerprint density at radius 1 is 1.28 bits per heavy atom. The van der Waals surface area contributed by atoms with Crippen molar-refractivity contribution in [3.05, 3.63) is 24.3 Å². The van der Waals surface area contributed by atoms with Gasteiger partial charge >= 0.3 is 0 Å². The maximum Gasteiger partial charge on any atom is 0.230 e. The molecule has 0 spiro atoms. The van der Waals surface area contributed by atoms with Gasteiger partial charge in [0.15, 0.2) is 11.0 Å². The van der Waals surface area contributed by atoms with Crippen molar-refractivity contribution in [3.63, 3.8) is 0 Å². The molecule has 0 bridgehead atoms. The molecular formula is C20H27N5O3S. The molecule has 9 heteroatoms. The lowest BCUT2D eigenvalue weighted by Crippen LogP contribution is -2.31. The first-order valence-electron chi connectivity index (χ1n) is 9.87. The van der Waals surface area contributed by atoms with E-state index in [2.05, 4.69) is 15.5 Å². The Kier molecular flexibility index (Phi) is 7.51. The molecule has 1 aromatic carbocycles. The fourth-order valence-electron chi connectivity index (χ4n) is 3.25. The number of hydrogen-bond donors (Lipinski definition) is 1. The molecule has 1 saturated heterocycles. The molecule has 8 nitrogen and oxygen atoms in total. The number of carbonyl (C=O) groups is 2. The van der Waals surface area contributed by atoms with Gasteiger partial charge in [-0.05, 0) is 44.0 Å². The molecule has 1 aliphatic rings. The van der Waals surface area contributed by atoms with E-state index >= 15 is 0 Å². The second kappa shape index (κ2) is 10.3. The van der Waals surface area contributed by atoms with Crippen LogP contribution in [0.1, 0.15) is 26.2 Å². The van der Waals surface area contributed by atoms with Gasteiger partial charge in [0.05, 0.1) is 12.9 Å². The van der Waals surface area contributed by atoms with Gasteiger partial charge in [0.2, 0.25) is 11.8 Å². The fraction of sp³-hybridized carbons (Fsp3) is 0.500. The van der Waals surface area contributed by atoms with E-state index in [0.717, 1.165) is 41.7 Å². The van der Waals surface area contributed by atoms with Crippen LogP contribution in [0.4, 0.5) is 0 Å². The summed E-state index contributed by atoms with van der Waals surface area (Å²) in [5.74, 6) is 2.02. The van der Waals surface area contributed by atoms with Crippen molar-refractivity contribution >= 4 is 23.6 Å². The number of aromatic nitrogens is 3. The molecule has 0 saturated carbocycles. The van der Waals surface area contributed by atoms with E-state index < -0.39 is 0 Å². The Morgan fingerprint density at radius 2 is 2.07 bits per heavy atom. The summed E-state index contributed by atoms with van der Waals surface area (Å²) in [6, 6.07) is 7.67. The van der Waals surface area contributed by atoms with Crippen LogP contribution < -0.4 is 10.1 Å². The summed E-state index contributed by atoms with van der Waals surface area (Å²) < 4.78 is 7.19. The fourth-order valence-corrected chi connectivity index (χ4v) is 4.09. The number of rotatable bonds is 10. The summed E-state index contributed by atoms with van der Waals surface area (Å²) in [4.78, 5) is 25.6. The lowest BCUT2D eigenvalue weighted by atomic mass is 10.2. The number of methoxy groups -OCH3 is 1. The zero-order chi connectivity index (χ0) is 20.6. The summed E-state index contributed by atoms with van der Waals surface area (Å²) in [7, 11) is 1.63. The quantitative estimate of drug-likeness (QED) is 0.471. The van der Waals surface area contributed by atoms with Crippen molar-refractivity contribution in [3.8, 4) is 17.1 Å². The topological polar surface area (TPSA) is 89.4 Å². The minimum Gasteiger partial charge on any atom is -0.497 e. The van der Waals surface area contributed by atoms with Crippen molar-refractivity contribution in [1.29, 1.82) is 0 Å². The van der Waals surface area contributed by atoms with Gasteiger partial charge in [0.25, 0.3) is 0 Å². The average Bonchev–Trinajstić information content (AvgIpc) is 3.35. The molecule has 0 radical (unpaired) electrons. The molecule has 3 rings (SSSR count). The average molecular weight is 418 g/mol. The lowest BCUT2D eigenvalue weighted by Gasteiger charge is -2.15. The van der Waals surface area contributed by atoms with Crippen molar-refractivity contribution in [2.45, 2.75) is 37.9 Å². The van der Waals surface area contributed by atoms with Crippen LogP contribution in [-0.4, -0.2) is 64.0 Å². The largest absolute Gasteiger partial charge is 0.497 e. The first kappa shape index (κ1) is 21.2. The maximum atomic E-state index is 12.1. The van der Waals surface area contributed by atoms with E-state index in [4.69, 9.17) is 4.74 Å². The Bertz CT molecular complexity index is 837. The molecule has 1 aliphatic heterocycles. The predicted molar refractivity (Wildman–Crippen MR) is 112 cm³/mol. The Labute approximate surface area is 175 Å². The van der Waals surface area contributed by atoms with Crippen LogP contribution in [0.2, 0.25) is 0 Å². The first-order valence-corrected chi connectivity index (χ1v) is 10.9. The second-order valence-electron chi connectivity index (χ2n) is 6.76. The molecule has 2 heterocycles. The molecule has 0 unspecified atom stereocenters. The maximum absolute atomic E-state index is 12.1. The molecule has 1 aromatic heterocycles. The third-order valence-electron chi connectivity index (χ3n) is 4.81. The number of likely N-dealkylation sites (tertiary alicyclic amines) is 1. The van der Waals surface area contributed by atoms with Crippen LogP contribution in [0.5, 0.6) is 5.75 Å². The molecule has 0 atom stereocenters. The van der Waals surface area contributed by atoms with Gasteiger partial charge in [0, 0.05) is 38.2 Å². The van der Waals surface area contributed by atoms with Crippen molar-refractivity contribution < 1.29 is 14.3 Å². The second-order valence-corrected chi connectivity index (χ2v) is 7.70. The van der Waals surface area contributed by atoms with Crippen LogP contribution in [0.25, 0.3) is 11.4 Å². The summed E-state index contributed by atoms with van der Waals surface area (Å²) in [6.07, 6.45) is 2.37. The highest BCUT2D eigenvalue weighted by molar-refractivity contribution is 7.99. The molecule has 2 aromatic rings. The molecule has 1 fully saturated rings. The SMILES string of the molecule is CCn1c(SCC(=O)NCCCN2CCCC2=O)nnc1-c1ccc(OC)cc1. The summed E-state index contributed by atoms with van der Waals surface area (Å²) in [5.41, 5.74) is 0.952. The predicted octanol–water partition coefficient (Wildman–Crippen LogP) is 2.19. The van der Waals surface area contributed by atoms with E-state index in [1.54, 1.807) is 7.11 Å². The smallest absolute Gasteiger partial charge is 0.230 e. The molecule has 0 aliphatic carbocycles. The van der Waals surface area contributed by atoms with Crippen LogP contribution in [0.15, 0.2) is 29.4 Å². The number of amides is 2. The zero-order valence-electron chi connectivity index (χ0n) is 16.9. The number of thioether (sulfide) groups is 1. The summed E-state index contributed by atoms with van der Waals surface area (Å²) in [6.45, 7) is 4.86. The lowest BCUT2D eigenvalue weighted by molar-refractivity contribution is -0.127. The highest BCUT2D eigenvalue weighted by Crippen LogP contribution is 2.25. The standard InChI is InChI=1S/C20H27N5O3S/c1-3-25-19(15-7-9-16(28-2)10-8-15)22-23-20(25)29-14-17(26)21-11-5-13-24-12-4-6-18(24)27/h7-10H,3-6,11-14H2,1-2H3,(H,21,26).